The van der Waals surface area contributed by atoms with Gasteiger partial charge in [0, 0.05) is 16.1 Å². The number of halogens is 1. The SMILES string of the molecule is Cc1cc(NC(c2cccc(Br)c2)c2c(O)ccc3ccccc23)no1. The summed E-state index contributed by atoms with van der Waals surface area (Å²) in [7, 11) is 0. The number of aromatic nitrogens is 1. The smallest absolute Gasteiger partial charge is 0.170 e. The van der Waals surface area contributed by atoms with Crippen LogP contribution in [0.1, 0.15) is 22.9 Å². The number of anilines is 1. The molecule has 0 radical (unpaired) electrons. The Morgan fingerprint density at radius 3 is 2.65 bits per heavy atom. The zero-order chi connectivity index (χ0) is 18.1. The van der Waals surface area contributed by atoms with Gasteiger partial charge in [-0.25, -0.2) is 0 Å². The van der Waals surface area contributed by atoms with E-state index in [1.54, 1.807) is 6.07 Å². The van der Waals surface area contributed by atoms with Crippen LogP contribution in [0.5, 0.6) is 5.75 Å². The number of rotatable bonds is 4. The fraction of sp³-hybridized carbons (Fsp3) is 0.0952. The number of phenols is 1. The van der Waals surface area contributed by atoms with E-state index in [1.165, 1.54) is 0 Å². The van der Waals surface area contributed by atoms with Crippen molar-refractivity contribution in [1.82, 2.24) is 5.16 Å². The van der Waals surface area contributed by atoms with E-state index < -0.39 is 0 Å². The van der Waals surface area contributed by atoms with E-state index in [2.05, 4.69) is 26.4 Å². The second-order valence-electron chi connectivity index (χ2n) is 6.17. The molecule has 4 nitrogen and oxygen atoms in total. The maximum Gasteiger partial charge on any atom is 0.170 e. The van der Waals surface area contributed by atoms with E-state index in [1.807, 2.05) is 67.6 Å². The van der Waals surface area contributed by atoms with Gasteiger partial charge in [0.25, 0.3) is 0 Å². The highest BCUT2D eigenvalue weighted by Gasteiger charge is 2.22. The first-order valence-corrected chi connectivity index (χ1v) is 9.07. The first kappa shape index (κ1) is 16.7. The Kier molecular flexibility index (Phi) is 4.39. The maximum atomic E-state index is 10.7. The van der Waals surface area contributed by atoms with Crippen molar-refractivity contribution < 1.29 is 9.63 Å². The molecular formula is C21H17BrN2O2. The van der Waals surface area contributed by atoms with Crippen LogP contribution in [0.2, 0.25) is 0 Å². The van der Waals surface area contributed by atoms with Crippen LogP contribution in [-0.2, 0) is 0 Å². The lowest BCUT2D eigenvalue weighted by atomic mass is 9.92. The molecule has 1 unspecified atom stereocenters. The van der Waals surface area contributed by atoms with Crippen molar-refractivity contribution in [3.05, 3.63) is 88.1 Å². The summed E-state index contributed by atoms with van der Waals surface area (Å²) in [6.45, 7) is 1.85. The van der Waals surface area contributed by atoms with Crippen molar-refractivity contribution in [3.8, 4) is 5.75 Å². The van der Waals surface area contributed by atoms with E-state index in [-0.39, 0.29) is 11.8 Å². The van der Waals surface area contributed by atoms with Crippen molar-refractivity contribution in [3.63, 3.8) is 0 Å². The van der Waals surface area contributed by atoms with Crippen LogP contribution in [0.15, 0.2) is 75.7 Å². The van der Waals surface area contributed by atoms with Gasteiger partial charge in [-0.05, 0) is 41.5 Å². The molecule has 1 heterocycles. The minimum atomic E-state index is -0.289. The summed E-state index contributed by atoms with van der Waals surface area (Å²) < 4.78 is 6.16. The third kappa shape index (κ3) is 3.18. The van der Waals surface area contributed by atoms with Crippen molar-refractivity contribution >= 4 is 32.5 Å². The largest absolute Gasteiger partial charge is 0.508 e. The van der Waals surface area contributed by atoms with Crippen molar-refractivity contribution in [1.29, 1.82) is 0 Å². The van der Waals surface area contributed by atoms with Gasteiger partial charge in [0.2, 0.25) is 0 Å². The molecule has 5 heteroatoms. The summed E-state index contributed by atoms with van der Waals surface area (Å²) >= 11 is 3.54. The fourth-order valence-corrected chi connectivity index (χ4v) is 3.60. The molecule has 3 aromatic carbocycles. The number of aromatic hydroxyl groups is 1. The predicted molar refractivity (Wildman–Crippen MR) is 106 cm³/mol. The van der Waals surface area contributed by atoms with Crippen LogP contribution in [0, 0.1) is 6.92 Å². The zero-order valence-corrected chi connectivity index (χ0v) is 15.7. The van der Waals surface area contributed by atoms with Crippen LogP contribution in [-0.4, -0.2) is 10.3 Å². The van der Waals surface area contributed by atoms with Crippen molar-refractivity contribution in [2.45, 2.75) is 13.0 Å². The Labute approximate surface area is 159 Å². The summed E-state index contributed by atoms with van der Waals surface area (Å²) in [4.78, 5) is 0. The topological polar surface area (TPSA) is 58.3 Å². The minimum Gasteiger partial charge on any atom is -0.508 e. The second kappa shape index (κ2) is 6.84. The van der Waals surface area contributed by atoms with E-state index in [0.29, 0.717) is 5.82 Å². The van der Waals surface area contributed by atoms with Gasteiger partial charge >= 0.3 is 0 Å². The Hall–Kier alpha value is -2.79. The molecule has 130 valence electrons. The monoisotopic (exact) mass is 408 g/mol. The minimum absolute atomic E-state index is 0.237. The molecule has 0 bridgehead atoms. The molecule has 26 heavy (non-hydrogen) atoms. The molecule has 1 aromatic heterocycles. The van der Waals surface area contributed by atoms with Gasteiger partial charge < -0.3 is 14.9 Å². The van der Waals surface area contributed by atoms with Gasteiger partial charge in [-0.3, -0.25) is 0 Å². The summed E-state index contributed by atoms with van der Waals surface area (Å²) in [6, 6.07) is 21.2. The standard InChI is InChI=1S/C21H17BrN2O2/c1-13-11-19(24-26-13)23-21(15-6-4-7-16(22)12-15)20-17-8-3-2-5-14(17)9-10-18(20)25/h2-12,21,25H,1H3,(H,23,24). The Morgan fingerprint density at radius 1 is 1.04 bits per heavy atom. The van der Waals surface area contributed by atoms with Gasteiger partial charge in [-0.15, -0.1) is 0 Å². The quantitative estimate of drug-likeness (QED) is 0.447. The van der Waals surface area contributed by atoms with E-state index in [4.69, 9.17) is 4.52 Å². The third-order valence-corrected chi connectivity index (χ3v) is 4.83. The average molecular weight is 409 g/mol. The van der Waals surface area contributed by atoms with Crippen molar-refractivity contribution in [2.75, 3.05) is 5.32 Å². The number of hydrogen-bond acceptors (Lipinski definition) is 4. The van der Waals surface area contributed by atoms with Crippen LogP contribution < -0.4 is 5.32 Å². The summed E-state index contributed by atoms with van der Waals surface area (Å²) in [5, 5.41) is 20.2. The van der Waals surface area contributed by atoms with E-state index in [9.17, 15) is 5.11 Å². The second-order valence-corrected chi connectivity index (χ2v) is 7.09. The third-order valence-electron chi connectivity index (χ3n) is 4.34. The lowest BCUT2D eigenvalue weighted by Gasteiger charge is -2.22. The van der Waals surface area contributed by atoms with Crippen LogP contribution in [0.25, 0.3) is 10.8 Å². The molecule has 1 atom stereocenters. The normalized spacial score (nSPS) is 12.2. The Bertz CT molecular complexity index is 1070. The van der Waals surface area contributed by atoms with Gasteiger partial charge in [0.05, 0.1) is 6.04 Å². The highest BCUT2D eigenvalue weighted by Crippen LogP contribution is 2.38. The molecule has 4 rings (SSSR count). The van der Waals surface area contributed by atoms with E-state index >= 15 is 0 Å². The Morgan fingerprint density at radius 2 is 1.88 bits per heavy atom. The number of hydrogen-bond donors (Lipinski definition) is 2. The van der Waals surface area contributed by atoms with Crippen LogP contribution in [0.4, 0.5) is 5.82 Å². The number of nitrogens with one attached hydrogen (secondary N) is 1. The maximum absolute atomic E-state index is 10.7. The molecule has 0 fully saturated rings. The predicted octanol–water partition coefficient (Wildman–Crippen LogP) is 5.81. The molecule has 4 aromatic rings. The highest BCUT2D eigenvalue weighted by atomic mass is 79.9. The molecule has 0 aliphatic carbocycles. The zero-order valence-electron chi connectivity index (χ0n) is 14.1. The highest BCUT2D eigenvalue weighted by molar-refractivity contribution is 9.10. The lowest BCUT2D eigenvalue weighted by Crippen LogP contribution is -2.13. The summed E-state index contributed by atoms with van der Waals surface area (Å²) in [6.07, 6.45) is 0. The summed E-state index contributed by atoms with van der Waals surface area (Å²) in [5.41, 5.74) is 1.81. The fourth-order valence-electron chi connectivity index (χ4n) is 3.18. The molecule has 0 saturated heterocycles. The first-order chi connectivity index (χ1) is 12.6. The Balaban J connectivity index is 1.92. The molecule has 0 aliphatic rings. The number of fused-ring (bicyclic) bond motifs is 1. The number of phenolic OH excluding ortho intramolecular Hbond substituents is 1. The van der Waals surface area contributed by atoms with Gasteiger partial charge in [0.15, 0.2) is 5.82 Å². The van der Waals surface area contributed by atoms with Crippen LogP contribution >= 0.6 is 15.9 Å². The van der Waals surface area contributed by atoms with Crippen molar-refractivity contribution in [2.24, 2.45) is 0 Å². The number of benzene rings is 3. The van der Waals surface area contributed by atoms with Gasteiger partial charge in [-0.2, -0.15) is 0 Å². The van der Waals surface area contributed by atoms with Crippen LogP contribution in [0.3, 0.4) is 0 Å². The first-order valence-electron chi connectivity index (χ1n) is 8.28. The van der Waals surface area contributed by atoms with Gasteiger partial charge in [0.1, 0.15) is 11.5 Å². The molecule has 0 aliphatic heterocycles. The molecule has 0 saturated carbocycles. The number of nitrogens with zero attached hydrogens (tertiary/aromatic N) is 1. The van der Waals surface area contributed by atoms with Gasteiger partial charge in [-0.1, -0.05) is 63.6 Å². The molecule has 0 amide bonds. The van der Waals surface area contributed by atoms with E-state index in [0.717, 1.165) is 32.1 Å². The summed E-state index contributed by atoms with van der Waals surface area (Å²) in [5.74, 6) is 1.59. The average Bonchev–Trinajstić information content (AvgIpc) is 3.05. The lowest BCUT2D eigenvalue weighted by molar-refractivity contribution is 0.399. The molecule has 2 N–H and O–H groups in total. The number of aryl methyl sites for hydroxylation is 1. The molecular weight excluding hydrogens is 392 g/mol. The molecule has 0 spiro atoms.